The van der Waals surface area contributed by atoms with Gasteiger partial charge in [0.25, 0.3) is 0 Å². The second kappa shape index (κ2) is 9.35. The molecule has 2 aromatic rings. The van der Waals surface area contributed by atoms with E-state index in [0.717, 1.165) is 0 Å². The Morgan fingerprint density at radius 3 is 2.10 bits per heavy atom. The Bertz CT molecular complexity index is 1350. The summed E-state index contributed by atoms with van der Waals surface area (Å²) in [6.45, 7) is 3.54. The van der Waals surface area contributed by atoms with Crippen molar-refractivity contribution in [1.82, 2.24) is 0 Å². The number of alkyl halides is 6. The van der Waals surface area contributed by atoms with E-state index in [1.807, 2.05) is 0 Å². The number of fused-ring (bicyclic) bond motifs is 3. The molecule has 216 valence electrons. The van der Waals surface area contributed by atoms with E-state index >= 15 is 0 Å². The van der Waals surface area contributed by atoms with Gasteiger partial charge in [-0.25, -0.2) is 0 Å². The number of benzene rings is 2. The third kappa shape index (κ3) is 4.53. The van der Waals surface area contributed by atoms with Crippen molar-refractivity contribution >= 4 is 29.1 Å². The summed E-state index contributed by atoms with van der Waals surface area (Å²) in [5.41, 5.74) is -3.75. The predicted octanol–water partition coefficient (Wildman–Crippen LogP) is 6.33. The molecule has 3 fully saturated rings. The van der Waals surface area contributed by atoms with Crippen LogP contribution in [0, 0.1) is 29.6 Å². The molecule has 0 unspecified atom stereocenters. The van der Waals surface area contributed by atoms with Gasteiger partial charge in [0.1, 0.15) is 5.75 Å². The zero-order chi connectivity index (χ0) is 29.5. The number of aliphatic hydroxyl groups is 1. The molecule has 1 saturated carbocycles. The van der Waals surface area contributed by atoms with Gasteiger partial charge in [-0.1, -0.05) is 31.5 Å². The van der Waals surface area contributed by atoms with Crippen LogP contribution in [0.1, 0.15) is 49.5 Å². The van der Waals surface area contributed by atoms with Crippen LogP contribution in [0.5, 0.6) is 5.75 Å². The Kier molecular flexibility index (Phi) is 6.71. The molecule has 2 aromatic carbocycles. The number of imide groups is 1. The van der Waals surface area contributed by atoms with Crippen LogP contribution in [0.25, 0.3) is 0 Å². The van der Waals surface area contributed by atoms with Gasteiger partial charge in [0.15, 0.2) is 5.79 Å². The lowest BCUT2D eigenvalue weighted by Crippen LogP contribution is -2.55. The van der Waals surface area contributed by atoms with Gasteiger partial charge in [0.05, 0.1) is 39.8 Å². The maximum atomic E-state index is 13.7. The average Bonchev–Trinajstić information content (AvgIpc) is 3.30. The van der Waals surface area contributed by atoms with Gasteiger partial charge in [-0.3, -0.25) is 14.5 Å². The molecular formula is C27H24ClF6NO5. The highest BCUT2D eigenvalue weighted by Crippen LogP contribution is 2.60. The number of phenolic OH excluding ortho intramolecular Hbond substituents is 1. The van der Waals surface area contributed by atoms with Crippen LogP contribution >= 0.6 is 11.6 Å². The molecule has 0 spiro atoms. The number of phenols is 1. The molecule has 0 aromatic heterocycles. The molecule has 13 heteroatoms. The van der Waals surface area contributed by atoms with E-state index in [-0.39, 0.29) is 35.6 Å². The van der Waals surface area contributed by atoms with Crippen molar-refractivity contribution in [2.45, 2.75) is 50.9 Å². The number of amides is 2. The van der Waals surface area contributed by atoms with Crippen molar-refractivity contribution in [2.24, 2.45) is 29.6 Å². The molecule has 5 rings (SSSR count). The van der Waals surface area contributed by atoms with Crippen molar-refractivity contribution in [3.8, 4) is 5.75 Å². The molecule has 2 heterocycles. The summed E-state index contributed by atoms with van der Waals surface area (Å²) in [6.07, 6.45) is -11.3. The lowest BCUT2D eigenvalue weighted by atomic mass is 9.62. The minimum Gasteiger partial charge on any atom is -0.508 e. The smallest absolute Gasteiger partial charge is 0.416 e. The number of halogens is 7. The normalized spacial score (nSPS) is 30.7. The molecule has 3 aliphatic rings. The van der Waals surface area contributed by atoms with Crippen LogP contribution < -0.4 is 4.90 Å². The van der Waals surface area contributed by atoms with Crippen LogP contribution in [0.2, 0.25) is 5.02 Å². The average molecular weight is 592 g/mol. The quantitative estimate of drug-likeness (QED) is 0.322. The first kappa shape index (κ1) is 28.7. The summed E-state index contributed by atoms with van der Waals surface area (Å²) in [5, 5.41) is 21.7. The number of carbonyl (C=O) groups is 2. The van der Waals surface area contributed by atoms with E-state index in [9.17, 15) is 46.1 Å². The van der Waals surface area contributed by atoms with E-state index in [1.165, 1.54) is 18.2 Å². The van der Waals surface area contributed by atoms with Crippen molar-refractivity contribution in [1.29, 1.82) is 0 Å². The first-order valence-electron chi connectivity index (χ1n) is 12.5. The molecule has 0 radical (unpaired) electrons. The van der Waals surface area contributed by atoms with Gasteiger partial charge in [-0.2, -0.15) is 26.3 Å². The largest absolute Gasteiger partial charge is 0.508 e. The van der Waals surface area contributed by atoms with E-state index in [0.29, 0.717) is 22.6 Å². The topological polar surface area (TPSA) is 87.1 Å². The molecule has 6 atom stereocenters. The number of carbonyl (C=O) groups excluding carboxylic acids is 2. The van der Waals surface area contributed by atoms with Gasteiger partial charge in [0, 0.05) is 11.8 Å². The third-order valence-electron chi connectivity index (χ3n) is 8.25. The second-order valence-electron chi connectivity index (χ2n) is 10.9. The summed E-state index contributed by atoms with van der Waals surface area (Å²) < 4.78 is 87.2. The van der Waals surface area contributed by atoms with Gasteiger partial charge < -0.3 is 14.9 Å². The van der Waals surface area contributed by atoms with Gasteiger partial charge >= 0.3 is 12.4 Å². The SMILES string of the molecule is CC(C)[C@H]1C[C@@H]2C(=O)N(c3cc(C(F)(F)F)cc(C(F)(F)F)c3)C(=O)[C@@H]2[C@@H]2C[C@@H](c3ccc(O)cc3Cl)O[C@]12O. The summed E-state index contributed by atoms with van der Waals surface area (Å²) in [7, 11) is 0. The summed E-state index contributed by atoms with van der Waals surface area (Å²) in [6, 6.07) is 4.73. The summed E-state index contributed by atoms with van der Waals surface area (Å²) in [4.78, 5) is 27.6. The molecule has 6 nitrogen and oxygen atoms in total. The number of hydrogen-bond acceptors (Lipinski definition) is 5. The lowest BCUT2D eigenvalue weighted by molar-refractivity contribution is -0.276. The van der Waals surface area contributed by atoms with Crippen LogP contribution in [0.15, 0.2) is 36.4 Å². The van der Waals surface area contributed by atoms with Crippen molar-refractivity contribution < 1.29 is 50.9 Å². The van der Waals surface area contributed by atoms with Crippen molar-refractivity contribution in [3.05, 3.63) is 58.1 Å². The van der Waals surface area contributed by atoms with E-state index < -0.39 is 76.5 Å². The molecule has 2 aliphatic heterocycles. The number of anilines is 1. The molecule has 40 heavy (non-hydrogen) atoms. The van der Waals surface area contributed by atoms with E-state index in [1.54, 1.807) is 13.8 Å². The van der Waals surface area contributed by atoms with Gasteiger partial charge in [-0.15, -0.1) is 0 Å². The van der Waals surface area contributed by atoms with Gasteiger partial charge in [0.2, 0.25) is 11.8 Å². The minimum atomic E-state index is -5.17. The maximum Gasteiger partial charge on any atom is 0.416 e. The van der Waals surface area contributed by atoms with Crippen LogP contribution in [-0.4, -0.2) is 27.8 Å². The van der Waals surface area contributed by atoms with Crippen LogP contribution in [0.3, 0.4) is 0 Å². The monoisotopic (exact) mass is 591 g/mol. The predicted molar refractivity (Wildman–Crippen MR) is 129 cm³/mol. The van der Waals surface area contributed by atoms with Crippen molar-refractivity contribution in [3.63, 3.8) is 0 Å². The first-order chi connectivity index (χ1) is 18.4. The molecular weight excluding hydrogens is 568 g/mol. The highest BCUT2D eigenvalue weighted by molar-refractivity contribution is 6.31. The maximum absolute atomic E-state index is 13.7. The minimum absolute atomic E-state index is 0.00532. The van der Waals surface area contributed by atoms with E-state index in [2.05, 4.69) is 0 Å². The molecule has 2 amide bonds. The Labute approximate surface area is 229 Å². The lowest BCUT2D eigenvalue weighted by Gasteiger charge is -2.46. The number of nitrogens with zero attached hydrogens (tertiary/aromatic N) is 1. The second-order valence-corrected chi connectivity index (χ2v) is 11.3. The Balaban J connectivity index is 1.58. The molecule has 1 aliphatic carbocycles. The fraction of sp³-hybridized carbons (Fsp3) is 0.481. The Morgan fingerprint density at radius 1 is 0.975 bits per heavy atom. The zero-order valence-corrected chi connectivity index (χ0v) is 21.8. The van der Waals surface area contributed by atoms with Crippen LogP contribution in [0.4, 0.5) is 32.0 Å². The molecule has 2 N–H and O–H groups in total. The molecule has 2 saturated heterocycles. The van der Waals surface area contributed by atoms with Crippen LogP contribution in [-0.2, 0) is 26.7 Å². The first-order valence-corrected chi connectivity index (χ1v) is 12.9. The number of rotatable bonds is 3. The summed E-state index contributed by atoms with van der Waals surface area (Å²) >= 11 is 6.29. The Hall–Kier alpha value is -2.83. The fourth-order valence-corrected chi connectivity index (χ4v) is 6.76. The third-order valence-corrected chi connectivity index (χ3v) is 8.57. The number of hydrogen-bond donors (Lipinski definition) is 2. The zero-order valence-electron chi connectivity index (χ0n) is 21.1. The summed E-state index contributed by atoms with van der Waals surface area (Å²) in [5.74, 6) is -8.30. The standard InChI is InChI=1S/C27H24ClF6NO5/c1-11(2)18-9-17-22(19-10-21(40-25(18,19)39)16-4-3-15(36)8-20(16)28)24(38)35(23(17)37)14-6-12(26(29,30)31)5-13(7-14)27(32,33)34/h3-8,11,17-19,21-22,36,39H,9-10H2,1-2H3/t17-,18+,19-,21-,22-,25+/m0/s1. The fourth-order valence-electron chi connectivity index (χ4n) is 6.46. The highest BCUT2D eigenvalue weighted by atomic mass is 35.5. The van der Waals surface area contributed by atoms with E-state index in [4.69, 9.17) is 16.3 Å². The Morgan fingerprint density at radius 2 is 1.57 bits per heavy atom. The molecule has 0 bridgehead atoms. The number of ether oxygens (including phenoxy) is 1. The van der Waals surface area contributed by atoms with Crippen molar-refractivity contribution in [2.75, 3.05) is 4.90 Å². The highest BCUT2D eigenvalue weighted by Gasteiger charge is 2.67. The number of aromatic hydroxyl groups is 1. The van der Waals surface area contributed by atoms with Gasteiger partial charge in [-0.05, 0) is 54.7 Å².